The maximum Gasteiger partial charge on any atom is 0.251 e. The molecule has 1 atom stereocenters. The average molecular weight is 514 g/mol. The van der Waals surface area contributed by atoms with Crippen LogP contribution >= 0.6 is 0 Å². The van der Waals surface area contributed by atoms with Gasteiger partial charge in [0.2, 0.25) is 0 Å². The summed E-state index contributed by atoms with van der Waals surface area (Å²) in [4.78, 5) is 15.9. The number of ether oxygens (including phenoxy) is 2. The number of carbonyl (C=O) groups is 1. The van der Waals surface area contributed by atoms with E-state index >= 15 is 0 Å². The van der Waals surface area contributed by atoms with E-state index in [1.54, 1.807) is 0 Å². The molecule has 1 unspecified atom stereocenters. The Kier molecular flexibility index (Phi) is 9.43. The second-order valence-electron chi connectivity index (χ2n) is 10.2. The van der Waals surface area contributed by atoms with Gasteiger partial charge >= 0.3 is 0 Å². The van der Waals surface area contributed by atoms with Gasteiger partial charge in [0, 0.05) is 31.6 Å². The van der Waals surface area contributed by atoms with Crippen LogP contribution in [0.1, 0.15) is 57.9 Å². The normalized spacial score (nSPS) is 17.9. The fraction of sp³-hybridized carbons (Fsp3) is 0.406. The molecule has 2 heterocycles. The second kappa shape index (κ2) is 13.6. The largest absolute Gasteiger partial charge is 0.491 e. The first-order chi connectivity index (χ1) is 18.8. The van der Waals surface area contributed by atoms with Crippen LogP contribution in [-0.2, 0) is 17.7 Å². The summed E-state index contributed by atoms with van der Waals surface area (Å²) in [7, 11) is 0. The van der Waals surface area contributed by atoms with Crippen LogP contribution in [0.15, 0.2) is 72.8 Å². The molecular formula is C32H39N3O3. The number of nitrogens with zero attached hydrogens (tertiary/aromatic N) is 1. The van der Waals surface area contributed by atoms with Crippen molar-refractivity contribution in [3.63, 3.8) is 0 Å². The highest BCUT2D eigenvalue weighted by Crippen LogP contribution is 2.26. The molecule has 6 nitrogen and oxygen atoms in total. The number of carbonyl (C=O) groups excluding carboxylic acids is 1. The summed E-state index contributed by atoms with van der Waals surface area (Å²) >= 11 is 0. The van der Waals surface area contributed by atoms with Gasteiger partial charge in [-0.1, -0.05) is 61.0 Å². The zero-order valence-corrected chi connectivity index (χ0v) is 22.2. The van der Waals surface area contributed by atoms with Crippen LogP contribution in [0.25, 0.3) is 0 Å². The smallest absolute Gasteiger partial charge is 0.251 e. The van der Waals surface area contributed by atoms with Gasteiger partial charge in [0.25, 0.3) is 5.91 Å². The molecule has 2 N–H and O–H groups in total. The lowest BCUT2D eigenvalue weighted by Crippen LogP contribution is -2.40. The number of hydrogen-bond donors (Lipinski definition) is 2. The van der Waals surface area contributed by atoms with E-state index in [9.17, 15) is 4.79 Å². The lowest BCUT2D eigenvalue weighted by Gasteiger charge is -2.35. The summed E-state index contributed by atoms with van der Waals surface area (Å²) in [5.74, 6) is 0.757. The Hall–Kier alpha value is -3.19. The molecular weight excluding hydrogens is 474 g/mol. The van der Waals surface area contributed by atoms with E-state index in [0.717, 1.165) is 37.5 Å². The average Bonchev–Trinajstić information content (AvgIpc) is 2.96. The molecule has 3 aromatic carbocycles. The van der Waals surface area contributed by atoms with Crippen molar-refractivity contribution in [2.24, 2.45) is 0 Å². The minimum atomic E-state index is -0.0496. The molecule has 1 fully saturated rings. The van der Waals surface area contributed by atoms with Crippen LogP contribution in [0.4, 0.5) is 0 Å². The zero-order valence-electron chi connectivity index (χ0n) is 22.2. The van der Waals surface area contributed by atoms with Crippen molar-refractivity contribution in [3.05, 3.63) is 101 Å². The number of rotatable bonds is 5. The van der Waals surface area contributed by atoms with E-state index in [0.29, 0.717) is 38.3 Å². The van der Waals surface area contributed by atoms with Gasteiger partial charge in [0.15, 0.2) is 0 Å². The number of benzene rings is 3. The minimum Gasteiger partial charge on any atom is -0.491 e. The van der Waals surface area contributed by atoms with E-state index in [4.69, 9.17) is 9.47 Å². The number of piperidine rings is 1. The van der Waals surface area contributed by atoms with E-state index in [1.807, 2.05) is 24.3 Å². The SMILES string of the molecule is O=C(NCC(c1ccccc1)N1CCCCC1)c1ccc2c(c1)Cc1cccc(c1)CNCCOCCO2. The Morgan fingerprint density at radius 2 is 1.74 bits per heavy atom. The van der Waals surface area contributed by atoms with Gasteiger partial charge in [-0.3, -0.25) is 9.69 Å². The van der Waals surface area contributed by atoms with Gasteiger partial charge < -0.3 is 20.1 Å². The van der Waals surface area contributed by atoms with Crippen molar-refractivity contribution in [1.29, 1.82) is 0 Å². The number of nitrogens with one attached hydrogen (secondary N) is 2. The fourth-order valence-corrected chi connectivity index (χ4v) is 5.41. The third kappa shape index (κ3) is 7.22. The summed E-state index contributed by atoms with van der Waals surface area (Å²) < 4.78 is 11.8. The third-order valence-electron chi connectivity index (χ3n) is 7.42. The molecule has 0 radical (unpaired) electrons. The summed E-state index contributed by atoms with van der Waals surface area (Å²) in [5, 5.41) is 6.67. The lowest BCUT2D eigenvalue weighted by atomic mass is 9.99. The van der Waals surface area contributed by atoms with Gasteiger partial charge in [-0.25, -0.2) is 0 Å². The maximum absolute atomic E-state index is 13.4. The number of fused-ring (bicyclic) bond motifs is 3. The van der Waals surface area contributed by atoms with Crippen LogP contribution in [0.2, 0.25) is 0 Å². The molecule has 1 saturated heterocycles. The highest BCUT2D eigenvalue weighted by molar-refractivity contribution is 5.94. The third-order valence-corrected chi connectivity index (χ3v) is 7.42. The Labute approximate surface area is 226 Å². The minimum absolute atomic E-state index is 0.0496. The van der Waals surface area contributed by atoms with Crippen LogP contribution in [0.5, 0.6) is 5.75 Å². The molecule has 1 amide bonds. The molecule has 2 bridgehead atoms. The summed E-state index contributed by atoms with van der Waals surface area (Å²) in [6, 6.07) is 25.1. The highest BCUT2D eigenvalue weighted by Gasteiger charge is 2.23. The molecule has 5 rings (SSSR count). The Morgan fingerprint density at radius 1 is 0.895 bits per heavy atom. The summed E-state index contributed by atoms with van der Waals surface area (Å²) in [5.41, 5.74) is 5.36. The molecule has 6 heteroatoms. The Bertz CT molecular complexity index is 1180. The summed E-state index contributed by atoms with van der Waals surface area (Å²) in [6.45, 7) is 6.01. The van der Waals surface area contributed by atoms with Gasteiger partial charge in [0.05, 0.1) is 19.3 Å². The first-order valence-corrected chi connectivity index (χ1v) is 14.0. The summed E-state index contributed by atoms with van der Waals surface area (Å²) in [6.07, 6.45) is 4.41. The van der Waals surface area contributed by atoms with Crippen LogP contribution in [-0.4, -0.2) is 56.8 Å². The van der Waals surface area contributed by atoms with Crippen molar-refractivity contribution >= 4 is 5.91 Å². The maximum atomic E-state index is 13.4. The highest BCUT2D eigenvalue weighted by atomic mass is 16.5. The quantitative estimate of drug-likeness (QED) is 0.516. The van der Waals surface area contributed by atoms with Gasteiger partial charge in [0.1, 0.15) is 12.4 Å². The number of hydrogen-bond acceptors (Lipinski definition) is 5. The number of amides is 1. The first-order valence-electron chi connectivity index (χ1n) is 14.0. The predicted octanol–water partition coefficient (Wildman–Crippen LogP) is 4.73. The van der Waals surface area contributed by atoms with E-state index in [2.05, 4.69) is 64.1 Å². The zero-order chi connectivity index (χ0) is 26.0. The van der Waals surface area contributed by atoms with Crippen molar-refractivity contribution < 1.29 is 14.3 Å². The Balaban J connectivity index is 1.33. The van der Waals surface area contributed by atoms with E-state index < -0.39 is 0 Å². The standard InChI is InChI=1S/C32H39N3O3/c36-32(34-24-30(27-10-3-1-4-11-27)35-15-5-2-6-16-35)28-12-13-31-29(22-28)21-25-8-7-9-26(20-25)23-33-14-17-37-18-19-38-31/h1,3-4,7-13,20,22,30,33H,2,5-6,14-19,21,23-24H2,(H,34,36). The molecule has 200 valence electrons. The molecule has 2 aliphatic heterocycles. The van der Waals surface area contributed by atoms with Crippen LogP contribution in [0.3, 0.4) is 0 Å². The van der Waals surface area contributed by atoms with Crippen molar-refractivity contribution in [2.75, 3.05) is 46.0 Å². The predicted molar refractivity (Wildman–Crippen MR) is 151 cm³/mol. The molecule has 0 aromatic heterocycles. The van der Waals surface area contributed by atoms with Crippen molar-refractivity contribution in [2.45, 2.75) is 38.3 Å². The Morgan fingerprint density at radius 3 is 2.61 bits per heavy atom. The second-order valence-corrected chi connectivity index (χ2v) is 10.2. The molecule has 38 heavy (non-hydrogen) atoms. The van der Waals surface area contributed by atoms with Crippen LogP contribution in [0, 0.1) is 0 Å². The van der Waals surface area contributed by atoms with E-state index in [-0.39, 0.29) is 11.9 Å². The molecule has 0 spiro atoms. The first kappa shape index (κ1) is 26.4. The molecule has 3 aromatic rings. The van der Waals surface area contributed by atoms with Crippen molar-refractivity contribution in [1.82, 2.24) is 15.5 Å². The topological polar surface area (TPSA) is 62.8 Å². The monoisotopic (exact) mass is 513 g/mol. The molecule has 2 aliphatic rings. The molecule has 0 aliphatic carbocycles. The van der Waals surface area contributed by atoms with Gasteiger partial charge in [-0.05, 0) is 66.4 Å². The molecule has 0 saturated carbocycles. The van der Waals surface area contributed by atoms with Gasteiger partial charge in [-0.15, -0.1) is 0 Å². The van der Waals surface area contributed by atoms with Crippen LogP contribution < -0.4 is 15.4 Å². The lowest BCUT2D eigenvalue weighted by molar-refractivity contribution is 0.0923. The van der Waals surface area contributed by atoms with E-state index in [1.165, 1.54) is 36.0 Å². The fourth-order valence-electron chi connectivity index (χ4n) is 5.41. The van der Waals surface area contributed by atoms with Gasteiger partial charge in [-0.2, -0.15) is 0 Å². The number of likely N-dealkylation sites (tertiary alicyclic amines) is 1. The van der Waals surface area contributed by atoms with Crippen molar-refractivity contribution in [3.8, 4) is 5.75 Å².